The van der Waals surface area contributed by atoms with Gasteiger partial charge in [0.2, 0.25) is 0 Å². The first-order valence-corrected chi connectivity index (χ1v) is 11.8. The van der Waals surface area contributed by atoms with Crippen molar-refractivity contribution >= 4 is 19.8 Å². The van der Waals surface area contributed by atoms with Gasteiger partial charge in [-0.2, -0.15) is 0 Å². The molecule has 0 aliphatic heterocycles. The highest BCUT2D eigenvalue weighted by atomic mass is 31.2. The lowest BCUT2D eigenvalue weighted by atomic mass is 10.2. The third-order valence-corrected chi connectivity index (χ3v) is 4.87. The second-order valence-electron chi connectivity index (χ2n) is 7.97. The largest absolute Gasteiger partial charge is 0.472 e. The van der Waals surface area contributed by atoms with Crippen LogP contribution in [-0.2, 0) is 32.7 Å². The standard InChI is InChI=1S/C19H38NO8P/c1-6-8-10-12-19(22)28-17(15-25-18(21)11-9-7-2)16-27-29(23,24)26-14-13-20(3,4)5/h17H,6-16H2,1-5H3/p+1. The zero-order valence-electron chi connectivity index (χ0n) is 18.6. The molecule has 0 aromatic heterocycles. The molecular formula is C19H39NO8P+. The van der Waals surface area contributed by atoms with Gasteiger partial charge < -0.3 is 18.9 Å². The maximum Gasteiger partial charge on any atom is 0.472 e. The van der Waals surface area contributed by atoms with Crippen molar-refractivity contribution in [3.63, 3.8) is 0 Å². The van der Waals surface area contributed by atoms with Gasteiger partial charge in [0, 0.05) is 12.8 Å². The molecule has 0 radical (unpaired) electrons. The molecule has 9 nitrogen and oxygen atoms in total. The van der Waals surface area contributed by atoms with E-state index < -0.39 is 32.5 Å². The summed E-state index contributed by atoms with van der Waals surface area (Å²) in [6, 6.07) is 0. The predicted molar refractivity (Wildman–Crippen MR) is 109 cm³/mol. The number of carbonyl (C=O) groups excluding carboxylic acids is 2. The Morgan fingerprint density at radius 1 is 0.931 bits per heavy atom. The lowest BCUT2D eigenvalue weighted by molar-refractivity contribution is -0.870. The van der Waals surface area contributed by atoms with Gasteiger partial charge in [-0.25, -0.2) is 4.57 Å². The Morgan fingerprint density at radius 2 is 1.55 bits per heavy atom. The lowest BCUT2D eigenvalue weighted by Crippen LogP contribution is -2.37. The van der Waals surface area contributed by atoms with Crippen LogP contribution in [0, 0.1) is 0 Å². The number of phosphoric acid groups is 1. The molecule has 29 heavy (non-hydrogen) atoms. The number of quaternary nitrogens is 1. The van der Waals surface area contributed by atoms with Crippen LogP contribution in [0.25, 0.3) is 0 Å². The molecule has 2 unspecified atom stereocenters. The van der Waals surface area contributed by atoms with Gasteiger partial charge in [-0.05, 0) is 12.8 Å². The number of esters is 2. The van der Waals surface area contributed by atoms with Gasteiger partial charge >= 0.3 is 19.8 Å². The first-order valence-electron chi connectivity index (χ1n) is 10.3. The summed E-state index contributed by atoms with van der Waals surface area (Å²) >= 11 is 0. The molecule has 0 bridgehead atoms. The summed E-state index contributed by atoms with van der Waals surface area (Å²) in [6.07, 6.45) is 3.62. The highest BCUT2D eigenvalue weighted by Gasteiger charge is 2.26. The van der Waals surface area contributed by atoms with E-state index in [0.29, 0.717) is 23.9 Å². The highest BCUT2D eigenvalue weighted by Crippen LogP contribution is 2.43. The Morgan fingerprint density at radius 3 is 2.14 bits per heavy atom. The number of carbonyl (C=O) groups is 2. The third kappa shape index (κ3) is 17.6. The van der Waals surface area contributed by atoms with Crippen LogP contribution < -0.4 is 0 Å². The molecule has 0 fully saturated rings. The van der Waals surface area contributed by atoms with Crippen molar-refractivity contribution in [2.45, 2.75) is 64.9 Å². The van der Waals surface area contributed by atoms with Gasteiger partial charge in [0.1, 0.15) is 19.8 Å². The molecule has 0 aliphatic carbocycles. The van der Waals surface area contributed by atoms with Crippen LogP contribution in [0.1, 0.15) is 58.8 Å². The van der Waals surface area contributed by atoms with Crippen molar-refractivity contribution in [2.75, 3.05) is 47.5 Å². The van der Waals surface area contributed by atoms with Crippen LogP contribution in [0.4, 0.5) is 0 Å². The van der Waals surface area contributed by atoms with Gasteiger partial charge in [-0.3, -0.25) is 18.6 Å². The SMILES string of the molecule is CCCCCC(=O)OC(COC(=O)CCCC)COP(=O)(O)OCC[N+](C)(C)C. The normalized spacial score (nSPS) is 14.8. The first kappa shape index (κ1) is 28.0. The fourth-order valence-corrected chi connectivity index (χ4v) is 2.85. The lowest BCUT2D eigenvalue weighted by Gasteiger charge is -2.24. The minimum Gasteiger partial charge on any atom is -0.462 e. The van der Waals surface area contributed by atoms with Crippen LogP contribution in [0.3, 0.4) is 0 Å². The van der Waals surface area contributed by atoms with Crippen molar-refractivity contribution < 1.29 is 42.1 Å². The fraction of sp³-hybridized carbons (Fsp3) is 0.895. The van der Waals surface area contributed by atoms with E-state index in [1.54, 1.807) is 0 Å². The molecule has 10 heteroatoms. The predicted octanol–water partition coefficient (Wildman–Crippen LogP) is 3.05. The van der Waals surface area contributed by atoms with Crippen molar-refractivity contribution in [1.82, 2.24) is 0 Å². The topological polar surface area (TPSA) is 108 Å². The number of hydrogen-bond donors (Lipinski definition) is 1. The van der Waals surface area contributed by atoms with E-state index in [9.17, 15) is 19.0 Å². The Hall–Kier alpha value is -0.990. The van der Waals surface area contributed by atoms with Crippen LogP contribution >= 0.6 is 7.82 Å². The monoisotopic (exact) mass is 440 g/mol. The van der Waals surface area contributed by atoms with Crippen molar-refractivity contribution in [1.29, 1.82) is 0 Å². The Kier molecular flexibility index (Phi) is 14.4. The maximum absolute atomic E-state index is 12.0. The number of rotatable bonds is 17. The molecule has 0 heterocycles. The van der Waals surface area contributed by atoms with Gasteiger partial charge in [-0.15, -0.1) is 0 Å². The number of unbranched alkanes of at least 4 members (excludes halogenated alkanes) is 3. The third-order valence-electron chi connectivity index (χ3n) is 3.89. The number of hydrogen-bond acceptors (Lipinski definition) is 7. The Balaban J connectivity index is 4.63. The smallest absolute Gasteiger partial charge is 0.462 e. The van der Waals surface area contributed by atoms with E-state index in [1.807, 2.05) is 35.0 Å². The van der Waals surface area contributed by atoms with E-state index in [0.717, 1.165) is 19.3 Å². The van der Waals surface area contributed by atoms with Gasteiger partial charge in [0.25, 0.3) is 0 Å². The molecule has 0 amide bonds. The first-order chi connectivity index (χ1) is 13.5. The Bertz CT molecular complexity index is 521. The molecule has 0 aliphatic rings. The zero-order valence-corrected chi connectivity index (χ0v) is 19.4. The van der Waals surface area contributed by atoms with Gasteiger partial charge in [-0.1, -0.05) is 33.1 Å². The molecule has 172 valence electrons. The number of phosphoric ester groups is 1. The number of likely N-dealkylation sites (N-methyl/N-ethyl adjacent to an activating group) is 1. The summed E-state index contributed by atoms with van der Waals surface area (Å²) in [5.74, 6) is -0.874. The summed E-state index contributed by atoms with van der Waals surface area (Å²) in [4.78, 5) is 33.5. The summed E-state index contributed by atoms with van der Waals surface area (Å²) in [5, 5.41) is 0. The summed E-state index contributed by atoms with van der Waals surface area (Å²) < 4.78 is 32.9. The molecular weight excluding hydrogens is 401 g/mol. The summed E-state index contributed by atoms with van der Waals surface area (Å²) in [7, 11) is 1.46. The van der Waals surface area contributed by atoms with Crippen LogP contribution in [0.2, 0.25) is 0 Å². The molecule has 0 spiro atoms. The van der Waals surface area contributed by atoms with Crippen LogP contribution in [0.15, 0.2) is 0 Å². The highest BCUT2D eigenvalue weighted by molar-refractivity contribution is 7.47. The van der Waals surface area contributed by atoms with E-state index in [4.69, 9.17) is 18.5 Å². The summed E-state index contributed by atoms with van der Waals surface area (Å²) in [6.45, 7) is 3.89. The maximum atomic E-state index is 12.0. The average molecular weight is 440 g/mol. The molecule has 0 saturated heterocycles. The zero-order chi connectivity index (χ0) is 22.3. The van der Waals surface area contributed by atoms with Gasteiger partial charge in [0.05, 0.1) is 27.7 Å². The number of nitrogens with zero attached hydrogens (tertiary/aromatic N) is 1. The van der Waals surface area contributed by atoms with Crippen molar-refractivity contribution in [3.8, 4) is 0 Å². The average Bonchev–Trinajstić information content (AvgIpc) is 2.61. The van der Waals surface area contributed by atoms with Crippen LogP contribution in [-0.4, -0.2) is 74.9 Å². The molecule has 0 saturated carbocycles. The van der Waals surface area contributed by atoms with E-state index in [-0.39, 0.29) is 26.1 Å². The van der Waals surface area contributed by atoms with E-state index >= 15 is 0 Å². The fourth-order valence-electron chi connectivity index (χ4n) is 2.10. The van der Waals surface area contributed by atoms with Crippen molar-refractivity contribution in [3.05, 3.63) is 0 Å². The Labute approximate surface area is 174 Å². The second kappa shape index (κ2) is 14.9. The number of ether oxygens (including phenoxy) is 2. The molecule has 0 rings (SSSR count). The summed E-state index contributed by atoms with van der Waals surface area (Å²) in [5.41, 5.74) is 0. The molecule has 1 N–H and O–H groups in total. The van der Waals surface area contributed by atoms with Crippen molar-refractivity contribution in [2.24, 2.45) is 0 Å². The minimum absolute atomic E-state index is 0.0325. The van der Waals surface area contributed by atoms with E-state index in [1.165, 1.54) is 0 Å². The minimum atomic E-state index is -4.31. The molecule has 0 aromatic carbocycles. The second-order valence-corrected chi connectivity index (χ2v) is 9.42. The van der Waals surface area contributed by atoms with Crippen LogP contribution in [0.5, 0.6) is 0 Å². The quantitative estimate of drug-likeness (QED) is 0.159. The molecule has 2 atom stereocenters. The van der Waals surface area contributed by atoms with E-state index in [2.05, 4.69) is 0 Å². The molecule has 0 aromatic rings. The van der Waals surface area contributed by atoms with Gasteiger partial charge in [0.15, 0.2) is 6.10 Å².